The largest absolute Gasteiger partial charge is 0.491 e. The van der Waals surface area contributed by atoms with Crippen molar-refractivity contribution in [2.75, 3.05) is 6.61 Å². The summed E-state index contributed by atoms with van der Waals surface area (Å²) in [5.41, 5.74) is 0.235. The van der Waals surface area contributed by atoms with Crippen LogP contribution in [0.5, 0.6) is 5.75 Å². The van der Waals surface area contributed by atoms with Crippen molar-refractivity contribution in [1.29, 1.82) is 0 Å². The maximum Gasteiger partial charge on any atom is 0.335 e. The van der Waals surface area contributed by atoms with Crippen LogP contribution in [-0.4, -0.2) is 28.9 Å². The van der Waals surface area contributed by atoms with Crippen molar-refractivity contribution in [2.45, 2.75) is 38.2 Å². The number of rotatable bonds is 6. The van der Waals surface area contributed by atoms with Gasteiger partial charge in [-0.15, -0.1) is 0 Å². The van der Waals surface area contributed by atoms with Crippen LogP contribution in [0, 0.1) is 5.92 Å². The number of aliphatic hydroxyl groups is 1. The van der Waals surface area contributed by atoms with Crippen LogP contribution in [0.15, 0.2) is 24.3 Å². The summed E-state index contributed by atoms with van der Waals surface area (Å²) < 4.78 is 5.47. The van der Waals surface area contributed by atoms with Gasteiger partial charge in [-0.2, -0.15) is 0 Å². The van der Waals surface area contributed by atoms with Crippen LogP contribution in [0.4, 0.5) is 0 Å². The highest BCUT2D eigenvalue weighted by atomic mass is 16.5. The Kier molecular flexibility index (Phi) is 4.80. The minimum atomic E-state index is -0.951. The molecule has 1 atom stereocenters. The normalized spacial score (nSPS) is 17.3. The van der Waals surface area contributed by atoms with E-state index in [9.17, 15) is 9.90 Å². The standard InChI is InChI=1S/C15H20O4/c16-13(9-11-3-1-2-4-11)10-19-14-7-5-12(6-8-14)15(17)18/h5-8,11,13,16H,1-4,9-10H2,(H,17,18). The first-order valence-electron chi connectivity index (χ1n) is 6.79. The molecule has 0 aromatic heterocycles. The van der Waals surface area contributed by atoms with Crippen molar-refractivity contribution in [1.82, 2.24) is 0 Å². The Hall–Kier alpha value is -1.55. The molecule has 0 saturated heterocycles. The molecule has 1 unspecified atom stereocenters. The van der Waals surface area contributed by atoms with Crippen LogP contribution >= 0.6 is 0 Å². The molecule has 0 aliphatic heterocycles. The Balaban J connectivity index is 1.76. The second-order valence-corrected chi connectivity index (χ2v) is 5.18. The number of aromatic carboxylic acids is 1. The van der Waals surface area contributed by atoms with E-state index in [-0.39, 0.29) is 12.2 Å². The highest BCUT2D eigenvalue weighted by molar-refractivity contribution is 5.87. The summed E-state index contributed by atoms with van der Waals surface area (Å²) in [6.45, 7) is 0.267. The van der Waals surface area contributed by atoms with Gasteiger partial charge in [0.1, 0.15) is 12.4 Å². The van der Waals surface area contributed by atoms with Crippen molar-refractivity contribution in [3.8, 4) is 5.75 Å². The van der Waals surface area contributed by atoms with Crippen LogP contribution in [-0.2, 0) is 0 Å². The molecular weight excluding hydrogens is 244 g/mol. The summed E-state index contributed by atoms with van der Waals surface area (Å²) in [6.07, 6.45) is 5.33. The van der Waals surface area contributed by atoms with Gasteiger partial charge in [0.25, 0.3) is 0 Å². The van der Waals surface area contributed by atoms with Gasteiger partial charge in [0.2, 0.25) is 0 Å². The zero-order chi connectivity index (χ0) is 13.7. The van der Waals surface area contributed by atoms with Crippen LogP contribution in [0.1, 0.15) is 42.5 Å². The summed E-state index contributed by atoms with van der Waals surface area (Å²) >= 11 is 0. The lowest BCUT2D eigenvalue weighted by Gasteiger charge is -2.16. The van der Waals surface area contributed by atoms with Crippen LogP contribution in [0.2, 0.25) is 0 Å². The maximum atomic E-state index is 10.7. The van der Waals surface area contributed by atoms with E-state index in [0.717, 1.165) is 6.42 Å². The van der Waals surface area contributed by atoms with Gasteiger partial charge in [0, 0.05) is 0 Å². The first-order chi connectivity index (χ1) is 9.15. The molecule has 1 aromatic carbocycles. The van der Waals surface area contributed by atoms with E-state index >= 15 is 0 Å². The fraction of sp³-hybridized carbons (Fsp3) is 0.533. The van der Waals surface area contributed by atoms with Crippen molar-refractivity contribution < 1.29 is 19.7 Å². The molecule has 0 spiro atoms. The van der Waals surface area contributed by atoms with E-state index in [1.54, 1.807) is 12.1 Å². The number of carbonyl (C=O) groups is 1. The molecule has 4 nitrogen and oxygen atoms in total. The molecule has 2 N–H and O–H groups in total. The number of benzene rings is 1. The maximum absolute atomic E-state index is 10.7. The number of hydrogen-bond donors (Lipinski definition) is 2. The molecule has 0 amide bonds. The number of aliphatic hydroxyl groups excluding tert-OH is 1. The lowest BCUT2D eigenvalue weighted by atomic mass is 10.0. The first-order valence-corrected chi connectivity index (χ1v) is 6.79. The van der Waals surface area contributed by atoms with Gasteiger partial charge >= 0.3 is 5.97 Å². The molecule has 1 fully saturated rings. The number of carboxylic acids is 1. The van der Waals surface area contributed by atoms with Crippen molar-refractivity contribution in [3.63, 3.8) is 0 Å². The lowest BCUT2D eigenvalue weighted by molar-refractivity contribution is 0.0696. The number of carboxylic acid groups (broad SMARTS) is 1. The molecule has 1 aliphatic rings. The molecule has 104 valence electrons. The van der Waals surface area contributed by atoms with Gasteiger partial charge in [-0.1, -0.05) is 25.7 Å². The SMILES string of the molecule is O=C(O)c1ccc(OCC(O)CC2CCCC2)cc1. The summed E-state index contributed by atoms with van der Waals surface area (Å²) in [5, 5.41) is 18.7. The summed E-state index contributed by atoms with van der Waals surface area (Å²) in [4.78, 5) is 10.7. The minimum absolute atomic E-state index is 0.235. The molecule has 2 rings (SSSR count). The second-order valence-electron chi connectivity index (χ2n) is 5.18. The quantitative estimate of drug-likeness (QED) is 0.829. The van der Waals surface area contributed by atoms with Gasteiger partial charge in [0.15, 0.2) is 0 Å². The van der Waals surface area contributed by atoms with E-state index in [4.69, 9.17) is 9.84 Å². The Labute approximate surface area is 113 Å². The number of hydrogen-bond acceptors (Lipinski definition) is 3. The molecule has 1 saturated carbocycles. The topological polar surface area (TPSA) is 66.8 Å². The Bertz CT molecular complexity index is 407. The average molecular weight is 264 g/mol. The zero-order valence-corrected chi connectivity index (χ0v) is 10.9. The molecule has 0 radical (unpaired) electrons. The van der Waals surface area contributed by atoms with Gasteiger partial charge in [0.05, 0.1) is 11.7 Å². The third-order valence-corrected chi connectivity index (χ3v) is 3.62. The van der Waals surface area contributed by atoms with Crippen molar-refractivity contribution in [3.05, 3.63) is 29.8 Å². The van der Waals surface area contributed by atoms with E-state index in [1.165, 1.54) is 37.8 Å². The van der Waals surface area contributed by atoms with Crippen molar-refractivity contribution in [2.24, 2.45) is 5.92 Å². The van der Waals surface area contributed by atoms with Gasteiger partial charge in [-0.05, 0) is 36.6 Å². The summed E-state index contributed by atoms with van der Waals surface area (Å²) in [7, 11) is 0. The Morgan fingerprint density at radius 3 is 2.47 bits per heavy atom. The summed E-state index contributed by atoms with van der Waals surface area (Å²) in [5.74, 6) is 0.274. The van der Waals surface area contributed by atoms with E-state index in [0.29, 0.717) is 11.7 Å². The fourth-order valence-electron chi connectivity index (χ4n) is 2.59. The van der Waals surface area contributed by atoms with E-state index in [1.807, 2.05) is 0 Å². The first kappa shape index (κ1) is 13.9. The third kappa shape index (κ3) is 4.24. The highest BCUT2D eigenvalue weighted by Crippen LogP contribution is 2.28. The Morgan fingerprint density at radius 1 is 1.26 bits per heavy atom. The monoisotopic (exact) mass is 264 g/mol. The average Bonchev–Trinajstić information content (AvgIpc) is 2.89. The molecule has 4 heteroatoms. The lowest BCUT2D eigenvalue weighted by Crippen LogP contribution is -2.20. The molecular formula is C15H20O4. The van der Waals surface area contributed by atoms with Crippen LogP contribution in [0.25, 0.3) is 0 Å². The summed E-state index contributed by atoms with van der Waals surface area (Å²) in [6, 6.07) is 6.24. The van der Waals surface area contributed by atoms with Gasteiger partial charge < -0.3 is 14.9 Å². The highest BCUT2D eigenvalue weighted by Gasteiger charge is 2.19. The molecule has 0 bridgehead atoms. The van der Waals surface area contributed by atoms with Crippen LogP contribution < -0.4 is 4.74 Å². The van der Waals surface area contributed by atoms with E-state index in [2.05, 4.69) is 0 Å². The van der Waals surface area contributed by atoms with Gasteiger partial charge in [-0.25, -0.2) is 4.79 Å². The smallest absolute Gasteiger partial charge is 0.335 e. The fourth-order valence-corrected chi connectivity index (χ4v) is 2.59. The molecule has 1 aliphatic carbocycles. The minimum Gasteiger partial charge on any atom is -0.491 e. The predicted octanol–water partition coefficient (Wildman–Crippen LogP) is 2.70. The predicted molar refractivity (Wildman–Crippen MR) is 71.5 cm³/mol. The van der Waals surface area contributed by atoms with E-state index < -0.39 is 12.1 Å². The van der Waals surface area contributed by atoms with Gasteiger partial charge in [-0.3, -0.25) is 0 Å². The molecule has 1 aromatic rings. The second kappa shape index (κ2) is 6.57. The number of ether oxygens (including phenoxy) is 1. The third-order valence-electron chi connectivity index (χ3n) is 3.62. The zero-order valence-electron chi connectivity index (χ0n) is 10.9. The molecule has 0 heterocycles. The van der Waals surface area contributed by atoms with Crippen molar-refractivity contribution >= 4 is 5.97 Å². The van der Waals surface area contributed by atoms with Crippen LogP contribution in [0.3, 0.4) is 0 Å². The Morgan fingerprint density at radius 2 is 1.89 bits per heavy atom. The molecule has 19 heavy (non-hydrogen) atoms.